The Morgan fingerprint density at radius 1 is 1.16 bits per heavy atom. The summed E-state index contributed by atoms with van der Waals surface area (Å²) in [6, 6.07) is 0. The highest BCUT2D eigenvalue weighted by atomic mass is 32.1. The van der Waals surface area contributed by atoms with E-state index in [9.17, 15) is 14.2 Å². The maximum Gasteiger partial charge on any atom is 0.369 e. The Balaban J connectivity index is 3.02. The van der Waals surface area contributed by atoms with E-state index >= 15 is 0 Å². The molecule has 11 heteroatoms. The molecular weight excluding hydrogens is 316 g/mol. The first-order valence-electron chi connectivity index (χ1n) is 5.68. The molecule has 1 rings (SSSR count). The fourth-order valence-electron chi connectivity index (χ4n) is 2.22. The van der Waals surface area contributed by atoms with Gasteiger partial charge in [0.1, 0.15) is 0 Å². The molecule has 0 saturated carbocycles. The molecule has 0 radical (unpaired) electrons. The van der Waals surface area contributed by atoms with Gasteiger partial charge in [0.15, 0.2) is 0 Å². The van der Waals surface area contributed by atoms with Crippen molar-refractivity contribution in [3.05, 3.63) is 0 Å². The molecule has 19 heavy (non-hydrogen) atoms. The Morgan fingerprint density at radius 3 is 2.11 bits per heavy atom. The molecule has 2 atom stereocenters. The average molecular weight is 335 g/mol. The van der Waals surface area contributed by atoms with Gasteiger partial charge in [-0.1, -0.05) is 0 Å². The lowest BCUT2D eigenvalue weighted by atomic mass is 9.85. The summed E-state index contributed by atoms with van der Waals surface area (Å²) in [5, 5.41) is 9.62. The fourth-order valence-corrected chi connectivity index (χ4v) is 4.95. The molecule has 2 unspecified atom stereocenters. The monoisotopic (exact) mass is 335 g/mol. The van der Waals surface area contributed by atoms with Crippen LogP contribution in [0.25, 0.3) is 0 Å². The van der Waals surface area contributed by atoms with E-state index in [1.54, 1.807) is 0 Å². The summed E-state index contributed by atoms with van der Waals surface area (Å²) in [6.45, 7) is 1.10. The molecule has 6 N–H and O–H groups in total. The number of hydrogen-bond donors (Lipinski definition) is 7. The predicted octanol–water partition coefficient (Wildman–Crippen LogP) is -0.467. The SMILES string of the molecule is O=P(O)(O)C(O)(CC1CCNCC1CS)P(=O)(O)O. The van der Waals surface area contributed by atoms with Crippen molar-refractivity contribution >= 4 is 27.8 Å². The molecule has 0 amide bonds. The maximum absolute atomic E-state index is 11.3. The maximum atomic E-state index is 11.3. The van der Waals surface area contributed by atoms with Crippen LogP contribution in [0.3, 0.4) is 0 Å². The smallest absolute Gasteiger partial charge is 0.368 e. The predicted molar refractivity (Wildman–Crippen MR) is 72.0 cm³/mol. The molecule has 0 bridgehead atoms. The van der Waals surface area contributed by atoms with Gasteiger partial charge in [0.25, 0.3) is 5.08 Å². The molecule has 0 aliphatic carbocycles. The first kappa shape index (κ1) is 17.6. The van der Waals surface area contributed by atoms with E-state index in [2.05, 4.69) is 17.9 Å². The first-order valence-corrected chi connectivity index (χ1v) is 9.54. The van der Waals surface area contributed by atoms with Crippen LogP contribution in [0.4, 0.5) is 0 Å². The molecule has 0 aromatic carbocycles. The average Bonchev–Trinajstić information content (AvgIpc) is 2.26. The van der Waals surface area contributed by atoms with Crippen LogP contribution in [0.1, 0.15) is 12.8 Å². The van der Waals surface area contributed by atoms with E-state index in [1.165, 1.54) is 0 Å². The summed E-state index contributed by atoms with van der Waals surface area (Å²) in [7, 11) is -10.7. The van der Waals surface area contributed by atoms with Crippen LogP contribution in [0.2, 0.25) is 0 Å². The highest BCUT2D eigenvalue weighted by Crippen LogP contribution is 2.70. The number of hydrogen-bond acceptors (Lipinski definition) is 5. The number of thiol groups is 1. The van der Waals surface area contributed by atoms with Gasteiger partial charge in [-0.15, -0.1) is 0 Å². The highest BCUT2D eigenvalue weighted by Gasteiger charge is 2.60. The van der Waals surface area contributed by atoms with E-state index in [0.29, 0.717) is 25.3 Å². The minimum atomic E-state index is -5.37. The Morgan fingerprint density at radius 2 is 1.68 bits per heavy atom. The van der Waals surface area contributed by atoms with Crippen molar-refractivity contribution in [3.8, 4) is 0 Å². The second kappa shape index (κ2) is 6.13. The Kier molecular flexibility index (Phi) is 5.69. The quantitative estimate of drug-likeness (QED) is 0.264. The van der Waals surface area contributed by atoms with Crippen LogP contribution in [0.15, 0.2) is 0 Å². The minimum absolute atomic E-state index is 0.110. The van der Waals surface area contributed by atoms with Crippen molar-refractivity contribution < 1.29 is 33.8 Å². The van der Waals surface area contributed by atoms with Crippen molar-refractivity contribution in [3.63, 3.8) is 0 Å². The molecule has 0 aromatic rings. The molecule has 1 saturated heterocycles. The largest absolute Gasteiger partial charge is 0.369 e. The Hall–Kier alpha value is 0.570. The molecule has 8 nitrogen and oxygen atoms in total. The summed E-state index contributed by atoms with van der Waals surface area (Å²) in [5.74, 6) is -0.124. The van der Waals surface area contributed by atoms with Gasteiger partial charge >= 0.3 is 15.2 Å². The third-order valence-corrected chi connectivity index (χ3v) is 7.73. The fraction of sp³-hybridized carbons (Fsp3) is 1.00. The van der Waals surface area contributed by atoms with Crippen LogP contribution in [0, 0.1) is 11.8 Å². The number of nitrogens with one attached hydrogen (secondary N) is 1. The van der Waals surface area contributed by atoms with Crippen LogP contribution < -0.4 is 5.32 Å². The molecule has 114 valence electrons. The van der Waals surface area contributed by atoms with Gasteiger partial charge in [-0.05, 0) is 37.1 Å². The van der Waals surface area contributed by atoms with Gasteiger partial charge in [-0.2, -0.15) is 12.6 Å². The van der Waals surface area contributed by atoms with Crippen LogP contribution >= 0.6 is 27.8 Å². The lowest BCUT2D eigenvalue weighted by Gasteiger charge is -2.37. The van der Waals surface area contributed by atoms with Crippen molar-refractivity contribution in [1.29, 1.82) is 0 Å². The third kappa shape index (κ3) is 3.81. The van der Waals surface area contributed by atoms with Gasteiger partial charge < -0.3 is 30.0 Å². The lowest BCUT2D eigenvalue weighted by Crippen LogP contribution is -2.42. The third-order valence-electron chi connectivity index (χ3n) is 3.47. The van der Waals surface area contributed by atoms with E-state index in [0.717, 1.165) is 0 Å². The Bertz CT molecular complexity index is 386. The highest BCUT2D eigenvalue weighted by molar-refractivity contribution is 7.80. The molecule has 1 aliphatic heterocycles. The number of aliphatic hydroxyl groups is 1. The van der Waals surface area contributed by atoms with Crippen molar-refractivity contribution in [1.82, 2.24) is 5.32 Å². The van der Waals surface area contributed by atoms with Gasteiger partial charge in [0, 0.05) is 6.42 Å². The molecular formula is C8H19NO7P2S. The van der Waals surface area contributed by atoms with Gasteiger partial charge in [-0.25, -0.2) is 0 Å². The minimum Gasteiger partial charge on any atom is -0.368 e. The summed E-state index contributed by atoms with van der Waals surface area (Å²) in [4.78, 5) is 36.4. The van der Waals surface area contributed by atoms with Crippen LogP contribution in [0.5, 0.6) is 0 Å². The molecule has 0 spiro atoms. The summed E-state index contributed by atoms with van der Waals surface area (Å²) < 4.78 is 22.6. The van der Waals surface area contributed by atoms with Gasteiger partial charge in [0.2, 0.25) is 0 Å². The molecule has 1 aliphatic rings. The summed E-state index contributed by atoms with van der Waals surface area (Å²) >= 11 is 4.11. The zero-order valence-electron chi connectivity index (χ0n) is 10.1. The molecule has 1 fully saturated rings. The van der Waals surface area contributed by atoms with Gasteiger partial charge in [0.05, 0.1) is 0 Å². The zero-order chi connectivity index (χ0) is 14.9. The topological polar surface area (TPSA) is 147 Å². The zero-order valence-corrected chi connectivity index (χ0v) is 12.8. The van der Waals surface area contributed by atoms with Gasteiger partial charge in [-0.3, -0.25) is 9.13 Å². The van der Waals surface area contributed by atoms with Crippen molar-refractivity contribution in [2.24, 2.45) is 11.8 Å². The second-order valence-corrected chi connectivity index (χ2v) is 9.14. The van der Waals surface area contributed by atoms with E-state index in [4.69, 9.17) is 19.6 Å². The number of rotatable bonds is 5. The number of piperidine rings is 1. The van der Waals surface area contributed by atoms with Crippen molar-refractivity contribution in [2.75, 3.05) is 18.8 Å². The van der Waals surface area contributed by atoms with Crippen molar-refractivity contribution in [2.45, 2.75) is 17.9 Å². The lowest BCUT2D eigenvalue weighted by molar-refractivity contribution is 0.0885. The molecule has 1 heterocycles. The molecule has 0 aromatic heterocycles. The normalized spacial score (nSPS) is 26.4. The Labute approximate surface area is 116 Å². The van der Waals surface area contributed by atoms with E-state index in [1.807, 2.05) is 0 Å². The van der Waals surface area contributed by atoms with Crippen LogP contribution in [-0.4, -0.2) is 48.6 Å². The van der Waals surface area contributed by atoms with Crippen LogP contribution in [-0.2, 0) is 9.13 Å². The second-order valence-electron chi connectivity index (χ2n) is 4.76. The first-order chi connectivity index (χ1) is 8.53. The van der Waals surface area contributed by atoms with E-state index in [-0.39, 0.29) is 5.92 Å². The summed E-state index contributed by atoms with van der Waals surface area (Å²) in [6.07, 6.45) is -0.179. The standard InChI is InChI=1S/C8H19NO7P2S/c10-8(17(11,12)13,18(14,15)16)3-6-1-2-9-4-7(6)5-19/h6-7,9-10,19H,1-5H2,(H2,11,12,13)(H2,14,15,16). The summed E-state index contributed by atoms with van der Waals surface area (Å²) in [5.41, 5.74) is 0. The van der Waals surface area contributed by atoms with E-state index < -0.39 is 32.6 Å².